The number of ether oxygens (including phenoxy) is 1. The summed E-state index contributed by atoms with van der Waals surface area (Å²) in [5.74, 6) is 0.270. The first-order valence-corrected chi connectivity index (χ1v) is 8.93. The Bertz CT molecular complexity index is 753. The molecule has 2 aromatic rings. The van der Waals surface area contributed by atoms with Gasteiger partial charge in [-0.3, -0.25) is 0 Å². The molecular formula is C21H23N3O2. The van der Waals surface area contributed by atoms with Crippen LogP contribution in [0.25, 0.3) is 0 Å². The van der Waals surface area contributed by atoms with Gasteiger partial charge in [0.05, 0.1) is 17.7 Å². The van der Waals surface area contributed by atoms with Crippen LogP contribution in [0.15, 0.2) is 54.6 Å². The number of carbonyl (C=O) groups excluding carboxylic acids is 1. The fourth-order valence-corrected chi connectivity index (χ4v) is 3.23. The second kappa shape index (κ2) is 9.02. The first kappa shape index (κ1) is 18.0. The molecular weight excluding hydrogens is 326 g/mol. The topological polar surface area (TPSA) is 74.2 Å². The molecule has 3 rings (SSSR count). The van der Waals surface area contributed by atoms with Crippen molar-refractivity contribution in [3.63, 3.8) is 0 Å². The largest absolute Gasteiger partial charge is 0.373 e. The van der Waals surface area contributed by atoms with Crippen LogP contribution < -0.4 is 10.6 Å². The highest BCUT2D eigenvalue weighted by atomic mass is 16.5. The van der Waals surface area contributed by atoms with Crippen molar-refractivity contribution < 1.29 is 9.53 Å². The van der Waals surface area contributed by atoms with Crippen molar-refractivity contribution in [1.29, 1.82) is 5.26 Å². The Morgan fingerprint density at radius 2 is 1.88 bits per heavy atom. The van der Waals surface area contributed by atoms with E-state index in [0.29, 0.717) is 18.7 Å². The molecule has 2 aromatic carbocycles. The minimum Gasteiger partial charge on any atom is -0.373 e. The molecule has 1 heterocycles. The molecule has 0 radical (unpaired) electrons. The van der Waals surface area contributed by atoms with Crippen LogP contribution in [0.5, 0.6) is 0 Å². The van der Waals surface area contributed by atoms with Gasteiger partial charge in [0.15, 0.2) is 0 Å². The number of nitriles is 1. The Balaban J connectivity index is 1.48. The third kappa shape index (κ3) is 4.84. The molecule has 0 spiro atoms. The average molecular weight is 349 g/mol. The zero-order valence-electron chi connectivity index (χ0n) is 14.7. The summed E-state index contributed by atoms with van der Waals surface area (Å²) in [4.78, 5) is 12.1. The summed E-state index contributed by atoms with van der Waals surface area (Å²) in [7, 11) is 0. The van der Waals surface area contributed by atoms with Gasteiger partial charge in [0, 0.05) is 25.6 Å². The van der Waals surface area contributed by atoms with Crippen LogP contribution >= 0.6 is 0 Å². The Morgan fingerprint density at radius 3 is 2.62 bits per heavy atom. The van der Waals surface area contributed by atoms with E-state index in [2.05, 4.69) is 28.8 Å². The fourth-order valence-electron chi connectivity index (χ4n) is 3.23. The predicted molar refractivity (Wildman–Crippen MR) is 99.3 cm³/mol. The normalized spacial score (nSPS) is 19.3. The van der Waals surface area contributed by atoms with Crippen LogP contribution in [0.4, 0.5) is 4.79 Å². The van der Waals surface area contributed by atoms with Crippen LogP contribution in [0, 0.1) is 17.2 Å². The summed E-state index contributed by atoms with van der Waals surface area (Å²) in [5.41, 5.74) is 2.74. The number of hydrogen-bond acceptors (Lipinski definition) is 3. The van der Waals surface area contributed by atoms with E-state index in [9.17, 15) is 4.79 Å². The van der Waals surface area contributed by atoms with Gasteiger partial charge in [-0.2, -0.15) is 5.26 Å². The molecule has 134 valence electrons. The maximum atomic E-state index is 12.1. The summed E-state index contributed by atoms with van der Waals surface area (Å²) in [6.07, 6.45) is 2.08. The van der Waals surface area contributed by atoms with Gasteiger partial charge in [0.2, 0.25) is 0 Å². The van der Waals surface area contributed by atoms with E-state index in [0.717, 1.165) is 30.6 Å². The van der Waals surface area contributed by atoms with E-state index in [1.807, 2.05) is 30.3 Å². The van der Waals surface area contributed by atoms with Crippen molar-refractivity contribution in [2.75, 3.05) is 13.2 Å². The molecule has 26 heavy (non-hydrogen) atoms. The van der Waals surface area contributed by atoms with Crippen molar-refractivity contribution in [2.24, 2.45) is 5.92 Å². The highest BCUT2D eigenvalue weighted by Crippen LogP contribution is 2.32. The number of nitrogens with zero attached hydrogens (tertiary/aromatic N) is 1. The highest BCUT2D eigenvalue weighted by molar-refractivity contribution is 5.73. The molecule has 0 aromatic heterocycles. The summed E-state index contributed by atoms with van der Waals surface area (Å²) < 4.78 is 5.96. The minimum absolute atomic E-state index is 0.0313. The second-order valence-corrected chi connectivity index (χ2v) is 6.48. The Kier molecular flexibility index (Phi) is 6.24. The van der Waals surface area contributed by atoms with Gasteiger partial charge in [-0.1, -0.05) is 42.5 Å². The third-order valence-electron chi connectivity index (χ3n) is 4.63. The number of benzene rings is 2. The van der Waals surface area contributed by atoms with Gasteiger partial charge in [-0.05, 0) is 36.1 Å². The van der Waals surface area contributed by atoms with E-state index in [4.69, 9.17) is 10.00 Å². The lowest BCUT2D eigenvalue weighted by Crippen LogP contribution is -2.40. The molecule has 2 amide bonds. The van der Waals surface area contributed by atoms with E-state index in [-0.39, 0.29) is 18.1 Å². The third-order valence-corrected chi connectivity index (χ3v) is 4.63. The zero-order valence-corrected chi connectivity index (χ0v) is 14.7. The van der Waals surface area contributed by atoms with Gasteiger partial charge < -0.3 is 15.4 Å². The van der Waals surface area contributed by atoms with Crippen LogP contribution in [0.3, 0.4) is 0 Å². The number of rotatable bonds is 5. The molecule has 5 heteroatoms. The Morgan fingerprint density at radius 1 is 1.12 bits per heavy atom. The van der Waals surface area contributed by atoms with Gasteiger partial charge in [0.25, 0.3) is 0 Å². The van der Waals surface area contributed by atoms with Crippen molar-refractivity contribution >= 4 is 6.03 Å². The van der Waals surface area contributed by atoms with Gasteiger partial charge in [0.1, 0.15) is 0 Å². The van der Waals surface area contributed by atoms with Crippen molar-refractivity contribution in [3.8, 4) is 6.07 Å². The standard InChI is InChI=1S/C21H23N3O2/c22-13-16-8-10-17(11-9-16)14-23-21(25)24-15-19-7-4-12-26-20(19)18-5-2-1-3-6-18/h1-3,5-6,8-11,19-20H,4,7,12,14-15H2,(H2,23,24,25)/t19-,20-/m0/s1. The molecule has 1 aliphatic heterocycles. The maximum absolute atomic E-state index is 12.1. The van der Waals surface area contributed by atoms with Crippen LogP contribution in [-0.2, 0) is 11.3 Å². The zero-order chi connectivity index (χ0) is 18.2. The lowest BCUT2D eigenvalue weighted by Gasteiger charge is -2.32. The van der Waals surface area contributed by atoms with E-state index in [1.54, 1.807) is 12.1 Å². The van der Waals surface area contributed by atoms with Crippen LogP contribution in [0.1, 0.15) is 35.6 Å². The minimum atomic E-state index is -0.188. The lowest BCUT2D eigenvalue weighted by molar-refractivity contribution is -0.0269. The van der Waals surface area contributed by atoms with Crippen LogP contribution in [0.2, 0.25) is 0 Å². The molecule has 2 N–H and O–H groups in total. The molecule has 1 aliphatic rings. The second-order valence-electron chi connectivity index (χ2n) is 6.48. The summed E-state index contributed by atoms with van der Waals surface area (Å²) in [5, 5.41) is 14.6. The Hall–Kier alpha value is -2.84. The molecule has 5 nitrogen and oxygen atoms in total. The fraction of sp³-hybridized carbons (Fsp3) is 0.333. The maximum Gasteiger partial charge on any atom is 0.315 e. The van der Waals surface area contributed by atoms with Crippen molar-refractivity contribution in [1.82, 2.24) is 10.6 Å². The Labute approximate surface area is 154 Å². The van der Waals surface area contributed by atoms with E-state index >= 15 is 0 Å². The molecule has 1 saturated heterocycles. The molecule has 0 bridgehead atoms. The van der Waals surface area contributed by atoms with Crippen molar-refractivity contribution in [2.45, 2.75) is 25.5 Å². The van der Waals surface area contributed by atoms with E-state index < -0.39 is 0 Å². The van der Waals surface area contributed by atoms with Crippen molar-refractivity contribution in [3.05, 3.63) is 71.3 Å². The lowest BCUT2D eigenvalue weighted by atomic mass is 9.89. The molecule has 2 atom stereocenters. The number of carbonyl (C=O) groups is 1. The van der Waals surface area contributed by atoms with Gasteiger partial charge in [-0.25, -0.2) is 4.79 Å². The first-order chi connectivity index (χ1) is 12.8. The predicted octanol–water partition coefficient (Wildman–Crippen LogP) is 3.53. The average Bonchev–Trinajstić information content (AvgIpc) is 2.72. The number of hydrogen-bond donors (Lipinski definition) is 2. The summed E-state index contributed by atoms with van der Waals surface area (Å²) in [6.45, 7) is 1.78. The first-order valence-electron chi connectivity index (χ1n) is 8.93. The monoisotopic (exact) mass is 349 g/mol. The quantitative estimate of drug-likeness (QED) is 0.867. The summed E-state index contributed by atoms with van der Waals surface area (Å²) >= 11 is 0. The molecule has 1 fully saturated rings. The number of nitrogens with one attached hydrogen (secondary N) is 2. The van der Waals surface area contributed by atoms with Gasteiger partial charge in [-0.15, -0.1) is 0 Å². The highest BCUT2D eigenvalue weighted by Gasteiger charge is 2.27. The van der Waals surface area contributed by atoms with Gasteiger partial charge >= 0.3 is 6.03 Å². The van der Waals surface area contributed by atoms with Crippen LogP contribution in [-0.4, -0.2) is 19.2 Å². The smallest absolute Gasteiger partial charge is 0.315 e. The molecule has 0 unspecified atom stereocenters. The SMILES string of the molecule is N#Cc1ccc(CNC(=O)NC[C@@H]2CCCO[C@H]2c2ccccc2)cc1. The van der Waals surface area contributed by atoms with E-state index in [1.165, 1.54) is 0 Å². The molecule has 0 aliphatic carbocycles. The molecule has 0 saturated carbocycles. The summed E-state index contributed by atoms with van der Waals surface area (Å²) in [6, 6.07) is 19.3. The number of urea groups is 1. The number of amides is 2.